The Balaban J connectivity index is 0.0000000968. The smallest absolute Gasteiger partial charge is 0.299 e. The van der Waals surface area contributed by atoms with Crippen molar-refractivity contribution < 1.29 is 26.5 Å². The maximum Gasteiger partial charge on any atom is 0.299 e. The van der Waals surface area contributed by atoms with E-state index in [1.54, 1.807) is 0 Å². The van der Waals surface area contributed by atoms with E-state index in [-0.39, 0.29) is 6.17 Å². The lowest BCUT2D eigenvalue weighted by Crippen LogP contribution is -2.33. The van der Waals surface area contributed by atoms with Crippen molar-refractivity contribution in [3.63, 3.8) is 0 Å². The van der Waals surface area contributed by atoms with Crippen LogP contribution in [0.2, 0.25) is 0 Å². The largest absolute Gasteiger partial charge is 0.452 e. The molecule has 4 atom stereocenters. The van der Waals surface area contributed by atoms with Crippen LogP contribution in [0.4, 0.5) is 22.7 Å². The van der Waals surface area contributed by atoms with E-state index in [0.717, 1.165) is 111 Å². The molecule has 96 heavy (non-hydrogen) atoms. The van der Waals surface area contributed by atoms with E-state index >= 15 is 0 Å². The van der Waals surface area contributed by atoms with Crippen molar-refractivity contribution >= 4 is 174 Å². The van der Waals surface area contributed by atoms with Crippen molar-refractivity contribution in [1.29, 1.82) is 0 Å². The highest BCUT2D eigenvalue weighted by Gasteiger charge is 2.30. The average molecular weight is 1310 g/mol. The Morgan fingerprint density at radius 2 is 0.719 bits per heavy atom. The summed E-state index contributed by atoms with van der Waals surface area (Å²) in [6.45, 7) is 17.4. The van der Waals surface area contributed by atoms with E-state index in [1.807, 2.05) is 89.4 Å². The number of fused-ring (bicyclic) bond motifs is 20. The first kappa shape index (κ1) is 59.1. The van der Waals surface area contributed by atoms with Gasteiger partial charge in [-0.1, -0.05) is 66.7 Å². The normalized spacial score (nSPS) is 17.9. The number of aryl methyl sites for hydroxylation is 4. The molecule has 20 rings (SSSR count). The minimum absolute atomic E-state index is 0.252. The van der Waals surface area contributed by atoms with Gasteiger partial charge in [0, 0.05) is 143 Å². The summed E-state index contributed by atoms with van der Waals surface area (Å²) in [6, 6.07) is 50.4. The molecule has 0 amide bonds. The number of anilines is 4. The summed E-state index contributed by atoms with van der Waals surface area (Å²) < 4.78 is 40.7. The van der Waals surface area contributed by atoms with Gasteiger partial charge in [0.15, 0.2) is 27.9 Å². The van der Waals surface area contributed by atoms with E-state index < -0.39 is 0 Å². The topological polar surface area (TPSA) is 105 Å². The van der Waals surface area contributed by atoms with Gasteiger partial charge in [0.25, 0.3) is 5.78 Å². The van der Waals surface area contributed by atoms with Crippen LogP contribution in [-0.2, 0) is 0 Å². The quantitative estimate of drug-likeness (QED) is 0.167. The van der Waals surface area contributed by atoms with E-state index in [1.165, 1.54) is 57.5 Å². The minimum atomic E-state index is 0.252. The summed E-state index contributed by atoms with van der Waals surface area (Å²) in [5.74, 6) is 0.602. The standard InChI is InChI=1S/3C20H18N2O2.C20H18N2S2/c1-12-10-15-18(11-16(12)22-9-8-21(3)13(22)2)24-19-14-6-4-5-7-17(14)23-20(15)19;1-12-10-15-18(11-16(12)22-9-8-21(3)13(22)2)24-20-19(15)14-6-4-5-7-17(14)23-20;1-12-8-9-15-18(17(12)22-11-10-21(3)13(22)2)24-19-14-6-4-5-7-16(14)23-20(15)19;1-12-10-15-18(11-16(12)22-9-8-21(3)13(22)2)24-20-19(15)14-6-4-5-7-17(14)23-20/h4*4-11,13H,1-3H3/t4*13-/m0000/s1. The molecular weight excluding hydrogens is 1230 g/mol. The predicted molar refractivity (Wildman–Crippen MR) is 400 cm³/mol. The molecule has 0 fully saturated rings. The number of rotatable bonds is 4. The number of hydrogen-bond acceptors (Lipinski definition) is 16. The maximum atomic E-state index is 6.33. The lowest BCUT2D eigenvalue weighted by Gasteiger charge is -2.28. The zero-order chi connectivity index (χ0) is 65.7. The molecule has 0 bridgehead atoms. The molecule has 0 N–H and O–H groups in total. The van der Waals surface area contributed by atoms with Crippen LogP contribution in [0, 0.1) is 27.7 Å². The third kappa shape index (κ3) is 9.31. The summed E-state index contributed by atoms with van der Waals surface area (Å²) >= 11 is 3.84. The van der Waals surface area contributed by atoms with Gasteiger partial charge < -0.3 is 65.7 Å². The molecule has 0 radical (unpaired) electrons. The first-order valence-electron chi connectivity index (χ1n) is 32.7. The van der Waals surface area contributed by atoms with Gasteiger partial charge in [-0.15, -0.1) is 22.7 Å². The molecule has 12 heterocycles. The molecule has 0 saturated heterocycles. The summed E-state index contributed by atoms with van der Waals surface area (Å²) in [5, 5.41) is 11.6. The molecule has 14 nitrogen and oxygen atoms in total. The monoisotopic (exact) mass is 1300 g/mol. The highest BCUT2D eigenvalue weighted by atomic mass is 32.2. The maximum absolute atomic E-state index is 6.33. The van der Waals surface area contributed by atoms with Gasteiger partial charge in [-0.25, -0.2) is 0 Å². The second-order valence-electron chi connectivity index (χ2n) is 26.0. The number of furan rings is 6. The molecule has 16 aromatic rings. The molecule has 8 aromatic heterocycles. The summed E-state index contributed by atoms with van der Waals surface area (Å²) in [4.78, 5) is 17.9. The molecule has 0 saturated carbocycles. The zero-order valence-corrected chi connectivity index (χ0v) is 57.3. The number of nitrogens with zero attached hydrogens (tertiary/aromatic N) is 8. The van der Waals surface area contributed by atoms with Crippen molar-refractivity contribution in [1.82, 2.24) is 19.6 Å². The highest BCUT2D eigenvalue weighted by molar-refractivity contribution is 7.44. The molecule has 0 spiro atoms. The molecule has 480 valence electrons. The Kier molecular flexibility index (Phi) is 13.8. The number of thiophene rings is 2. The Morgan fingerprint density at radius 3 is 1.28 bits per heavy atom. The Bertz CT molecular complexity index is 5680. The van der Waals surface area contributed by atoms with Gasteiger partial charge in [-0.05, 0) is 144 Å². The molecule has 4 aliphatic rings. The van der Waals surface area contributed by atoms with E-state index in [9.17, 15) is 0 Å². The van der Waals surface area contributed by atoms with Gasteiger partial charge in [0.05, 0.1) is 36.6 Å². The second kappa shape index (κ2) is 22.5. The van der Waals surface area contributed by atoms with Gasteiger partial charge in [0.1, 0.15) is 52.6 Å². The lowest BCUT2D eigenvalue weighted by atomic mass is 10.1. The zero-order valence-electron chi connectivity index (χ0n) is 55.6. The van der Waals surface area contributed by atoms with Gasteiger partial charge >= 0.3 is 0 Å². The summed E-state index contributed by atoms with van der Waals surface area (Å²) in [7, 11) is 8.38. The van der Waals surface area contributed by atoms with E-state index in [4.69, 9.17) is 26.5 Å². The van der Waals surface area contributed by atoms with Crippen molar-refractivity contribution in [3.05, 3.63) is 217 Å². The molecule has 16 heteroatoms. The van der Waals surface area contributed by atoms with Crippen molar-refractivity contribution in [2.45, 2.75) is 80.1 Å². The molecule has 8 aromatic carbocycles. The third-order valence-corrected chi connectivity index (χ3v) is 22.6. The Labute approximate surface area is 562 Å². The van der Waals surface area contributed by atoms with Gasteiger partial charge in [-0.2, -0.15) is 0 Å². The number of benzene rings is 8. The van der Waals surface area contributed by atoms with Crippen LogP contribution in [0.3, 0.4) is 0 Å². The van der Waals surface area contributed by atoms with E-state index in [0.29, 0.717) is 24.3 Å². The third-order valence-electron chi connectivity index (χ3n) is 20.2. The van der Waals surface area contributed by atoms with Crippen molar-refractivity contribution in [3.8, 4) is 0 Å². The van der Waals surface area contributed by atoms with Gasteiger partial charge in [0.2, 0.25) is 0 Å². The van der Waals surface area contributed by atoms with Crippen LogP contribution >= 0.6 is 22.7 Å². The van der Waals surface area contributed by atoms with Crippen LogP contribution in [0.5, 0.6) is 0 Å². The molecule has 0 unspecified atom stereocenters. The first-order valence-corrected chi connectivity index (χ1v) is 34.3. The summed E-state index contributed by atoms with van der Waals surface area (Å²) in [5.41, 5.74) is 18.3. The number of hydrogen-bond donors (Lipinski definition) is 0. The fraction of sp³-hybridized carbons (Fsp3) is 0.200. The second-order valence-corrected chi connectivity index (χ2v) is 28.3. The first-order chi connectivity index (χ1) is 46.5. The molecule has 0 aliphatic carbocycles. The SMILES string of the molecule is Cc1cc2c(cc1N1C=CN(C)[C@@H]1C)oc1c3ccccc3oc21.Cc1cc2c(cc1N1C=CN(C)[C@@H]1C)oc1oc3ccccc3c12.Cc1cc2c(cc1N1C=CN(C)[C@@H]1C)sc1sc3ccccc3c12.Cc1ccc2c(oc3c4ccccc4oc23)c1N1C=CN(C)[C@@H]1C. The minimum Gasteiger partial charge on any atom is -0.452 e. The van der Waals surface area contributed by atoms with Crippen LogP contribution in [0.1, 0.15) is 49.9 Å². The van der Waals surface area contributed by atoms with Crippen LogP contribution in [0.15, 0.2) is 222 Å². The Hall–Kier alpha value is -10.7. The predicted octanol–water partition coefficient (Wildman–Crippen LogP) is 21.8. The van der Waals surface area contributed by atoms with Crippen LogP contribution in [-0.4, -0.2) is 72.5 Å². The van der Waals surface area contributed by atoms with E-state index in [2.05, 4.69) is 251 Å². The Morgan fingerprint density at radius 1 is 0.302 bits per heavy atom. The average Bonchev–Trinajstić information content (AvgIpc) is 1.61. The highest BCUT2D eigenvalue weighted by Crippen LogP contribution is 2.48. The fourth-order valence-electron chi connectivity index (χ4n) is 14.3. The molecule has 4 aliphatic heterocycles. The lowest BCUT2D eigenvalue weighted by molar-refractivity contribution is 0.383. The number of para-hydroxylation sites is 3. The van der Waals surface area contributed by atoms with Crippen LogP contribution in [0.25, 0.3) is 129 Å². The van der Waals surface area contributed by atoms with Gasteiger partial charge in [-0.3, -0.25) is 0 Å². The van der Waals surface area contributed by atoms with Crippen molar-refractivity contribution in [2.75, 3.05) is 47.8 Å². The van der Waals surface area contributed by atoms with Crippen molar-refractivity contribution in [2.24, 2.45) is 0 Å². The summed E-state index contributed by atoms with van der Waals surface area (Å²) in [6.07, 6.45) is 18.1. The molecular formula is C80H72N8O6S2. The fourth-order valence-corrected chi connectivity index (χ4v) is 16.9. The van der Waals surface area contributed by atoms with Crippen LogP contribution < -0.4 is 19.6 Å².